The molecule has 0 spiro atoms. The molecular formula is C18H30F5N3O2. The molecule has 2 atom stereocenters. The third-order valence-electron chi connectivity index (χ3n) is 4.39. The quantitative estimate of drug-likeness (QED) is 0.0801. The summed E-state index contributed by atoms with van der Waals surface area (Å²) in [4.78, 5) is 2.55. The molecule has 0 saturated heterocycles. The first-order chi connectivity index (χ1) is 13.2. The molecule has 0 bridgehead atoms. The summed E-state index contributed by atoms with van der Waals surface area (Å²) in [7, 11) is 0. The average molecular weight is 415 g/mol. The second-order valence-electron chi connectivity index (χ2n) is 6.80. The average Bonchev–Trinajstić information content (AvgIpc) is 2.62. The van der Waals surface area contributed by atoms with Gasteiger partial charge in [-0.2, -0.15) is 22.0 Å². The number of hydrogen-bond acceptors (Lipinski definition) is 3. The van der Waals surface area contributed by atoms with Crippen molar-refractivity contribution in [2.24, 2.45) is 5.11 Å². The minimum absolute atomic E-state index is 0.123. The highest BCUT2D eigenvalue weighted by molar-refractivity contribution is 4.95. The topological polar surface area (TPSA) is 89.2 Å². The van der Waals surface area contributed by atoms with Crippen LogP contribution in [-0.2, 0) is 0 Å². The van der Waals surface area contributed by atoms with Gasteiger partial charge in [0, 0.05) is 11.3 Å². The number of rotatable bonds is 16. The monoisotopic (exact) mass is 415 g/mol. The van der Waals surface area contributed by atoms with E-state index in [1.165, 1.54) is 6.08 Å². The first kappa shape index (κ1) is 26.6. The zero-order chi connectivity index (χ0) is 21.5. The molecule has 0 aromatic carbocycles. The lowest BCUT2D eigenvalue weighted by Crippen LogP contribution is -2.36. The van der Waals surface area contributed by atoms with Gasteiger partial charge in [-0.1, -0.05) is 62.2 Å². The van der Waals surface area contributed by atoms with Crippen molar-refractivity contribution in [3.63, 3.8) is 0 Å². The van der Waals surface area contributed by atoms with Crippen LogP contribution in [0.15, 0.2) is 17.3 Å². The van der Waals surface area contributed by atoms with Gasteiger partial charge >= 0.3 is 12.1 Å². The first-order valence-corrected chi connectivity index (χ1v) is 9.60. The first-order valence-electron chi connectivity index (χ1n) is 9.60. The molecule has 0 amide bonds. The Morgan fingerprint density at radius 3 is 1.86 bits per heavy atom. The van der Waals surface area contributed by atoms with E-state index in [9.17, 15) is 27.1 Å². The zero-order valence-electron chi connectivity index (χ0n) is 15.9. The van der Waals surface area contributed by atoms with E-state index in [1.54, 1.807) is 6.08 Å². The number of aliphatic hydroxyl groups is 2. The van der Waals surface area contributed by atoms with Gasteiger partial charge in [0.1, 0.15) is 0 Å². The molecule has 164 valence electrons. The highest BCUT2D eigenvalue weighted by Gasteiger charge is 2.56. The normalized spacial score (nSPS) is 14.8. The van der Waals surface area contributed by atoms with E-state index >= 15 is 0 Å². The molecule has 2 N–H and O–H groups in total. The summed E-state index contributed by atoms with van der Waals surface area (Å²) in [5.41, 5.74) is 8.29. The van der Waals surface area contributed by atoms with E-state index in [-0.39, 0.29) is 6.42 Å². The molecule has 5 nitrogen and oxygen atoms in total. The Balaban J connectivity index is 3.56. The Hall–Kier alpha value is -1.38. The summed E-state index contributed by atoms with van der Waals surface area (Å²) in [6, 6.07) is -0.888. The van der Waals surface area contributed by atoms with Gasteiger partial charge in [0.2, 0.25) is 0 Å². The van der Waals surface area contributed by atoms with Crippen LogP contribution in [0.4, 0.5) is 22.0 Å². The van der Waals surface area contributed by atoms with Crippen LogP contribution in [0.5, 0.6) is 0 Å². The number of aliphatic hydroxyl groups excluding tert-OH is 2. The molecular weight excluding hydrogens is 385 g/mol. The van der Waals surface area contributed by atoms with Crippen molar-refractivity contribution in [1.82, 2.24) is 0 Å². The van der Waals surface area contributed by atoms with Crippen LogP contribution in [0.25, 0.3) is 10.4 Å². The molecule has 0 aromatic rings. The molecule has 0 aromatic heterocycles. The molecule has 0 aliphatic carbocycles. The predicted molar refractivity (Wildman–Crippen MR) is 97.0 cm³/mol. The number of allylic oxidation sites excluding steroid dienone is 1. The molecule has 0 radical (unpaired) electrons. The standard InChI is InChI=1S/C18H30F5N3O2/c19-17(20,18(21,22)23)13-11-9-7-5-3-1-2-4-6-8-10-12-16(28)15(14-27)25-26-24/h10,12,15-16,27-28H,1-9,11,13-14H2/b12-10+/t15-,16+/m0/s1. The molecule has 28 heavy (non-hydrogen) atoms. The fraction of sp³-hybridized carbons (Fsp3) is 0.889. The summed E-state index contributed by atoms with van der Waals surface area (Å²) in [6.07, 6.45) is 2.96. The van der Waals surface area contributed by atoms with E-state index in [0.717, 1.165) is 44.9 Å². The summed E-state index contributed by atoms with van der Waals surface area (Å²) >= 11 is 0. The number of hydrogen-bond donors (Lipinski definition) is 2. The minimum Gasteiger partial charge on any atom is -0.396 e. The molecule has 0 rings (SSSR count). The maximum Gasteiger partial charge on any atom is 0.453 e. The van der Waals surface area contributed by atoms with Crippen LogP contribution in [0.1, 0.15) is 70.6 Å². The van der Waals surface area contributed by atoms with Crippen molar-refractivity contribution >= 4 is 0 Å². The predicted octanol–water partition coefficient (Wildman–Crippen LogP) is 6.06. The SMILES string of the molecule is [N-]=[N+]=N[C@@H](CO)[C@H](O)/C=C/CCCCCCCCCCCC(F)(F)C(F)(F)F. The van der Waals surface area contributed by atoms with Crippen LogP contribution in [-0.4, -0.2) is 41.1 Å². The highest BCUT2D eigenvalue weighted by Crippen LogP contribution is 2.39. The van der Waals surface area contributed by atoms with Gasteiger partial charge in [-0.05, 0) is 24.8 Å². The van der Waals surface area contributed by atoms with Crippen molar-refractivity contribution < 1.29 is 32.2 Å². The second kappa shape index (κ2) is 14.6. The smallest absolute Gasteiger partial charge is 0.396 e. The molecule has 0 aliphatic rings. The summed E-state index contributed by atoms with van der Waals surface area (Å²) in [5, 5.41) is 21.9. The highest BCUT2D eigenvalue weighted by atomic mass is 19.4. The number of unbranched alkanes of at least 4 members (excludes halogenated alkanes) is 9. The van der Waals surface area contributed by atoms with Gasteiger partial charge in [0.25, 0.3) is 0 Å². The second-order valence-corrected chi connectivity index (χ2v) is 6.80. The third kappa shape index (κ3) is 12.2. The van der Waals surface area contributed by atoms with Crippen molar-refractivity contribution in [3.8, 4) is 0 Å². The summed E-state index contributed by atoms with van der Waals surface area (Å²) in [6.45, 7) is -0.430. The lowest BCUT2D eigenvalue weighted by molar-refractivity contribution is -0.284. The fourth-order valence-electron chi connectivity index (χ4n) is 2.63. The van der Waals surface area contributed by atoms with Gasteiger partial charge in [-0.15, -0.1) is 0 Å². The van der Waals surface area contributed by atoms with Crippen LogP contribution >= 0.6 is 0 Å². The largest absolute Gasteiger partial charge is 0.453 e. The molecule has 0 aliphatic heterocycles. The maximum absolute atomic E-state index is 12.7. The van der Waals surface area contributed by atoms with E-state index in [0.29, 0.717) is 12.8 Å². The molecule has 0 fully saturated rings. The molecule has 0 unspecified atom stereocenters. The van der Waals surface area contributed by atoms with Crippen LogP contribution < -0.4 is 0 Å². The fourth-order valence-corrected chi connectivity index (χ4v) is 2.63. The van der Waals surface area contributed by atoms with Gasteiger partial charge in [-0.3, -0.25) is 0 Å². The van der Waals surface area contributed by atoms with Crippen LogP contribution in [0.2, 0.25) is 0 Å². The number of halogens is 5. The Morgan fingerprint density at radius 2 is 1.39 bits per heavy atom. The zero-order valence-corrected chi connectivity index (χ0v) is 15.9. The molecule has 0 heterocycles. The van der Waals surface area contributed by atoms with Crippen molar-refractivity contribution in [2.45, 2.75) is 94.9 Å². The van der Waals surface area contributed by atoms with E-state index in [2.05, 4.69) is 10.0 Å². The Labute approximate surface area is 162 Å². The van der Waals surface area contributed by atoms with Crippen molar-refractivity contribution in [2.75, 3.05) is 6.61 Å². The Kier molecular flexibility index (Phi) is 13.9. The van der Waals surface area contributed by atoms with Gasteiger partial charge in [-0.25, -0.2) is 0 Å². The Morgan fingerprint density at radius 1 is 0.893 bits per heavy atom. The van der Waals surface area contributed by atoms with Gasteiger partial charge < -0.3 is 10.2 Å². The van der Waals surface area contributed by atoms with Crippen molar-refractivity contribution in [1.29, 1.82) is 0 Å². The van der Waals surface area contributed by atoms with Crippen LogP contribution in [0.3, 0.4) is 0 Å². The molecule has 0 saturated carbocycles. The van der Waals surface area contributed by atoms with Gasteiger partial charge in [0.15, 0.2) is 0 Å². The Bertz CT molecular complexity index is 480. The maximum atomic E-state index is 12.7. The third-order valence-corrected chi connectivity index (χ3v) is 4.39. The van der Waals surface area contributed by atoms with Crippen LogP contribution in [0, 0.1) is 0 Å². The number of azide groups is 1. The number of alkyl halides is 5. The van der Waals surface area contributed by atoms with Crippen molar-refractivity contribution in [3.05, 3.63) is 22.6 Å². The lowest BCUT2D eigenvalue weighted by Gasteiger charge is -2.19. The summed E-state index contributed by atoms with van der Waals surface area (Å²) < 4.78 is 61.4. The summed E-state index contributed by atoms with van der Waals surface area (Å²) in [5.74, 6) is -4.58. The van der Waals surface area contributed by atoms with E-state index in [4.69, 9.17) is 10.6 Å². The number of nitrogens with zero attached hydrogens (tertiary/aromatic N) is 3. The van der Waals surface area contributed by atoms with E-state index in [1.807, 2.05) is 0 Å². The van der Waals surface area contributed by atoms with Gasteiger partial charge in [0.05, 0.1) is 18.8 Å². The minimum atomic E-state index is -5.45. The molecule has 10 heteroatoms. The lowest BCUT2D eigenvalue weighted by atomic mass is 10.0. The van der Waals surface area contributed by atoms with E-state index < -0.39 is 37.3 Å².